The highest BCUT2D eigenvalue weighted by atomic mass is 79.9. The molecule has 2 heterocycles. The van der Waals surface area contributed by atoms with Crippen molar-refractivity contribution in [2.75, 3.05) is 5.32 Å². The molecule has 2 aromatic heterocycles. The van der Waals surface area contributed by atoms with Crippen LogP contribution in [-0.4, -0.2) is 15.9 Å². The Labute approximate surface area is 105 Å². The summed E-state index contributed by atoms with van der Waals surface area (Å²) in [6, 6.07) is 2.99. The number of amides is 1. The van der Waals surface area contributed by atoms with Crippen LogP contribution in [0.25, 0.3) is 0 Å². The molecule has 0 spiro atoms. The number of carbonyl (C=O) groups is 1. The van der Waals surface area contributed by atoms with E-state index >= 15 is 0 Å². The maximum Gasteiger partial charge on any atom is 0.257 e. The average molecular weight is 296 g/mol. The lowest BCUT2D eigenvalue weighted by Crippen LogP contribution is -2.13. The zero-order valence-electron chi connectivity index (χ0n) is 8.52. The molecule has 86 valence electrons. The van der Waals surface area contributed by atoms with Gasteiger partial charge in [0.2, 0.25) is 0 Å². The Morgan fingerprint density at radius 3 is 2.82 bits per heavy atom. The first-order valence-corrected chi connectivity index (χ1v) is 5.47. The normalized spacial score (nSPS) is 10.0. The number of carbonyl (C=O) groups excluding carboxylic acids is 1. The van der Waals surface area contributed by atoms with Crippen LogP contribution in [0.5, 0.6) is 0 Å². The van der Waals surface area contributed by atoms with Crippen molar-refractivity contribution in [3.8, 4) is 0 Å². The number of halogens is 2. The molecule has 0 aliphatic carbocycles. The maximum atomic E-state index is 13.2. The van der Waals surface area contributed by atoms with Crippen LogP contribution in [0.15, 0.2) is 41.4 Å². The zero-order valence-corrected chi connectivity index (χ0v) is 10.1. The first-order valence-electron chi connectivity index (χ1n) is 4.68. The van der Waals surface area contributed by atoms with E-state index in [9.17, 15) is 9.18 Å². The summed E-state index contributed by atoms with van der Waals surface area (Å²) in [5, 5.41) is 2.44. The standard InChI is InChI=1S/C11H7BrFN3O/c12-8-3-7(4-15-5-8)11(17)16-10-1-2-14-6-9(10)13/h1-6H,(H,14,16,17). The summed E-state index contributed by atoms with van der Waals surface area (Å²) in [6.45, 7) is 0. The van der Waals surface area contributed by atoms with Gasteiger partial charge in [-0.1, -0.05) is 0 Å². The Balaban J connectivity index is 2.20. The highest BCUT2D eigenvalue weighted by Crippen LogP contribution is 2.14. The van der Waals surface area contributed by atoms with Gasteiger partial charge < -0.3 is 5.32 Å². The summed E-state index contributed by atoms with van der Waals surface area (Å²) in [5.41, 5.74) is 0.431. The molecule has 2 aromatic rings. The lowest BCUT2D eigenvalue weighted by Gasteiger charge is -2.05. The summed E-state index contributed by atoms with van der Waals surface area (Å²) in [4.78, 5) is 19.2. The minimum absolute atomic E-state index is 0.0879. The van der Waals surface area contributed by atoms with E-state index in [1.165, 1.54) is 18.5 Å². The number of hydrogen-bond acceptors (Lipinski definition) is 3. The molecule has 0 saturated heterocycles. The fourth-order valence-corrected chi connectivity index (χ4v) is 1.57. The van der Waals surface area contributed by atoms with Gasteiger partial charge >= 0.3 is 0 Å². The van der Waals surface area contributed by atoms with Gasteiger partial charge in [-0.05, 0) is 28.1 Å². The van der Waals surface area contributed by atoms with Gasteiger partial charge in [0, 0.05) is 23.1 Å². The fourth-order valence-electron chi connectivity index (χ4n) is 1.21. The molecule has 0 radical (unpaired) electrons. The van der Waals surface area contributed by atoms with Crippen molar-refractivity contribution in [1.82, 2.24) is 9.97 Å². The molecule has 0 fully saturated rings. The van der Waals surface area contributed by atoms with Gasteiger partial charge in [0.15, 0.2) is 5.82 Å². The van der Waals surface area contributed by atoms with Crippen molar-refractivity contribution >= 4 is 27.5 Å². The monoisotopic (exact) mass is 295 g/mol. The largest absolute Gasteiger partial charge is 0.319 e. The van der Waals surface area contributed by atoms with E-state index in [1.54, 1.807) is 12.3 Å². The molecule has 1 amide bonds. The number of anilines is 1. The predicted molar refractivity (Wildman–Crippen MR) is 64.1 cm³/mol. The van der Waals surface area contributed by atoms with Crippen LogP contribution < -0.4 is 5.32 Å². The third-order valence-electron chi connectivity index (χ3n) is 1.99. The van der Waals surface area contributed by atoms with Gasteiger partial charge in [-0.25, -0.2) is 4.39 Å². The molecule has 1 N–H and O–H groups in total. The van der Waals surface area contributed by atoms with Crippen LogP contribution in [0.1, 0.15) is 10.4 Å². The predicted octanol–water partition coefficient (Wildman–Crippen LogP) is 2.63. The fraction of sp³-hybridized carbons (Fsp3) is 0. The van der Waals surface area contributed by atoms with E-state index in [4.69, 9.17) is 0 Å². The minimum atomic E-state index is -0.580. The van der Waals surface area contributed by atoms with Gasteiger partial charge in [0.05, 0.1) is 17.4 Å². The second-order valence-corrected chi connectivity index (χ2v) is 4.12. The van der Waals surface area contributed by atoms with E-state index in [-0.39, 0.29) is 5.69 Å². The van der Waals surface area contributed by atoms with Gasteiger partial charge in [-0.3, -0.25) is 14.8 Å². The highest BCUT2D eigenvalue weighted by molar-refractivity contribution is 9.10. The Kier molecular flexibility index (Phi) is 3.43. The second-order valence-electron chi connectivity index (χ2n) is 3.20. The zero-order chi connectivity index (χ0) is 12.3. The van der Waals surface area contributed by atoms with Crippen molar-refractivity contribution < 1.29 is 9.18 Å². The van der Waals surface area contributed by atoms with Crippen LogP contribution in [0.2, 0.25) is 0 Å². The Morgan fingerprint density at radius 1 is 1.29 bits per heavy atom. The van der Waals surface area contributed by atoms with Crippen molar-refractivity contribution in [3.63, 3.8) is 0 Å². The third kappa shape index (κ3) is 2.85. The average Bonchev–Trinajstić information content (AvgIpc) is 2.32. The van der Waals surface area contributed by atoms with Crippen molar-refractivity contribution in [2.45, 2.75) is 0 Å². The number of pyridine rings is 2. The molecule has 0 bridgehead atoms. The van der Waals surface area contributed by atoms with E-state index in [0.29, 0.717) is 10.0 Å². The van der Waals surface area contributed by atoms with Gasteiger partial charge in [-0.2, -0.15) is 0 Å². The van der Waals surface area contributed by atoms with Gasteiger partial charge in [-0.15, -0.1) is 0 Å². The summed E-state index contributed by atoms with van der Waals surface area (Å²) in [5.74, 6) is -1.01. The summed E-state index contributed by atoms with van der Waals surface area (Å²) < 4.78 is 13.9. The van der Waals surface area contributed by atoms with Crippen molar-refractivity contribution in [2.24, 2.45) is 0 Å². The topological polar surface area (TPSA) is 54.9 Å². The maximum absolute atomic E-state index is 13.2. The van der Waals surface area contributed by atoms with Crippen LogP contribution in [-0.2, 0) is 0 Å². The van der Waals surface area contributed by atoms with E-state index in [2.05, 4.69) is 31.2 Å². The van der Waals surface area contributed by atoms with Crippen LogP contribution in [0.4, 0.5) is 10.1 Å². The number of aromatic nitrogens is 2. The summed E-state index contributed by atoms with van der Waals surface area (Å²) in [6.07, 6.45) is 5.40. The third-order valence-corrected chi connectivity index (χ3v) is 2.42. The van der Waals surface area contributed by atoms with Gasteiger partial charge in [0.25, 0.3) is 5.91 Å². The van der Waals surface area contributed by atoms with Crippen LogP contribution in [0.3, 0.4) is 0 Å². The molecular formula is C11H7BrFN3O. The van der Waals surface area contributed by atoms with Crippen LogP contribution in [0, 0.1) is 5.82 Å². The molecular weight excluding hydrogens is 289 g/mol. The molecule has 4 nitrogen and oxygen atoms in total. The molecule has 0 unspecified atom stereocenters. The van der Waals surface area contributed by atoms with Crippen molar-refractivity contribution in [3.05, 3.63) is 52.8 Å². The molecule has 0 atom stereocenters. The van der Waals surface area contributed by atoms with Crippen LogP contribution >= 0.6 is 15.9 Å². The first-order chi connectivity index (χ1) is 8.16. The summed E-state index contributed by atoms with van der Waals surface area (Å²) >= 11 is 3.20. The molecule has 6 heteroatoms. The van der Waals surface area contributed by atoms with E-state index in [1.807, 2.05) is 0 Å². The number of rotatable bonds is 2. The number of hydrogen-bond donors (Lipinski definition) is 1. The van der Waals surface area contributed by atoms with E-state index in [0.717, 1.165) is 6.20 Å². The lowest BCUT2D eigenvalue weighted by atomic mass is 10.2. The minimum Gasteiger partial charge on any atom is -0.319 e. The number of nitrogens with one attached hydrogen (secondary N) is 1. The molecule has 2 rings (SSSR count). The highest BCUT2D eigenvalue weighted by Gasteiger charge is 2.09. The molecule has 0 aromatic carbocycles. The Morgan fingerprint density at radius 2 is 2.12 bits per heavy atom. The Bertz CT molecular complexity index is 562. The molecule has 0 aliphatic heterocycles. The Hall–Kier alpha value is -1.82. The van der Waals surface area contributed by atoms with E-state index < -0.39 is 11.7 Å². The number of nitrogens with zero attached hydrogens (tertiary/aromatic N) is 2. The quantitative estimate of drug-likeness (QED) is 0.927. The lowest BCUT2D eigenvalue weighted by molar-refractivity contribution is 0.102. The summed E-state index contributed by atoms with van der Waals surface area (Å²) in [7, 11) is 0. The smallest absolute Gasteiger partial charge is 0.257 e. The molecule has 0 saturated carbocycles. The first kappa shape index (κ1) is 11.7. The molecule has 0 aliphatic rings. The second kappa shape index (κ2) is 5.01. The van der Waals surface area contributed by atoms with Gasteiger partial charge in [0.1, 0.15) is 0 Å². The molecule has 17 heavy (non-hydrogen) atoms. The SMILES string of the molecule is O=C(Nc1ccncc1F)c1cncc(Br)c1. The van der Waals surface area contributed by atoms with Crippen molar-refractivity contribution in [1.29, 1.82) is 0 Å².